The first-order valence-electron chi connectivity index (χ1n) is 8.81. The lowest BCUT2D eigenvalue weighted by Crippen LogP contribution is -2.43. The molecule has 1 aromatic carbocycles. The van der Waals surface area contributed by atoms with Gasteiger partial charge in [-0.2, -0.15) is 0 Å². The minimum Gasteiger partial charge on any atom is -0.488 e. The van der Waals surface area contributed by atoms with Crippen LogP contribution < -0.4 is 15.4 Å². The molecule has 0 radical (unpaired) electrons. The molecule has 2 rings (SSSR count). The smallest absolute Gasteiger partial charge is 0.191 e. The SMILES string of the molecule is CCNC(=NCC(C)(C)CN(C)C)NCC1Cc2ccccc2O1. The van der Waals surface area contributed by atoms with Crippen LogP contribution in [0.5, 0.6) is 5.75 Å². The molecule has 0 fully saturated rings. The van der Waals surface area contributed by atoms with Crippen molar-refractivity contribution in [2.24, 2.45) is 10.4 Å². The van der Waals surface area contributed by atoms with Crippen LogP contribution in [0.3, 0.4) is 0 Å². The molecule has 0 amide bonds. The maximum atomic E-state index is 5.98. The molecule has 0 aliphatic carbocycles. The Bertz CT molecular complexity index is 529. The van der Waals surface area contributed by atoms with Gasteiger partial charge in [-0.05, 0) is 38.1 Å². The van der Waals surface area contributed by atoms with Crippen molar-refractivity contribution >= 4 is 5.96 Å². The van der Waals surface area contributed by atoms with Crippen LogP contribution in [0, 0.1) is 5.41 Å². The molecule has 0 aromatic heterocycles. The van der Waals surface area contributed by atoms with E-state index < -0.39 is 0 Å². The first kappa shape index (κ1) is 18.6. The highest BCUT2D eigenvalue weighted by molar-refractivity contribution is 5.79. The van der Waals surface area contributed by atoms with Crippen molar-refractivity contribution in [1.29, 1.82) is 0 Å². The lowest BCUT2D eigenvalue weighted by molar-refractivity contribution is 0.234. The third kappa shape index (κ3) is 5.71. The molecule has 0 saturated carbocycles. The number of nitrogens with one attached hydrogen (secondary N) is 2. The maximum absolute atomic E-state index is 5.98. The van der Waals surface area contributed by atoms with Crippen LogP contribution in [0.1, 0.15) is 26.3 Å². The molecule has 5 heteroatoms. The number of ether oxygens (including phenoxy) is 1. The van der Waals surface area contributed by atoms with Crippen molar-refractivity contribution in [2.75, 3.05) is 40.3 Å². The van der Waals surface area contributed by atoms with Gasteiger partial charge in [0.25, 0.3) is 0 Å². The number of para-hydroxylation sites is 1. The van der Waals surface area contributed by atoms with Crippen LogP contribution in [0.15, 0.2) is 29.3 Å². The molecule has 0 saturated heterocycles. The molecular formula is C19H32N4O. The molecule has 1 atom stereocenters. The molecule has 1 unspecified atom stereocenters. The number of hydrogen-bond acceptors (Lipinski definition) is 3. The Balaban J connectivity index is 1.86. The van der Waals surface area contributed by atoms with Crippen LogP contribution in [-0.4, -0.2) is 57.2 Å². The van der Waals surface area contributed by atoms with Gasteiger partial charge in [-0.15, -0.1) is 0 Å². The fraction of sp³-hybridized carbons (Fsp3) is 0.632. The summed E-state index contributed by atoms with van der Waals surface area (Å²) in [6.07, 6.45) is 1.12. The first-order chi connectivity index (χ1) is 11.4. The van der Waals surface area contributed by atoms with Gasteiger partial charge in [0.1, 0.15) is 11.9 Å². The Morgan fingerprint density at radius 2 is 2.04 bits per heavy atom. The van der Waals surface area contributed by atoms with Gasteiger partial charge in [-0.25, -0.2) is 0 Å². The third-order valence-electron chi connectivity index (χ3n) is 3.96. The van der Waals surface area contributed by atoms with E-state index in [0.29, 0.717) is 0 Å². The predicted octanol–water partition coefficient (Wildman–Crippen LogP) is 2.13. The van der Waals surface area contributed by atoms with E-state index in [2.05, 4.69) is 62.5 Å². The molecule has 1 aromatic rings. The van der Waals surface area contributed by atoms with Gasteiger partial charge in [0, 0.05) is 26.1 Å². The quantitative estimate of drug-likeness (QED) is 0.593. The number of fused-ring (bicyclic) bond motifs is 1. The normalized spacial score (nSPS) is 17.6. The Morgan fingerprint density at radius 1 is 1.29 bits per heavy atom. The highest BCUT2D eigenvalue weighted by Crippen LogP contribution is 2.27. The fourth-order valence-corrected chi connectivity index (χ4v) is 3.12. The highest BCUT2D eigenvalue weighted by atomic mass is 16.5. The summed E-state index contributed by atoms with van der Waals surface area (Å²) in [6.45, 7) is 9.99. The Labute approximate surface area is 146 Å². The number of rotatable bonds is 7. The molecule has 5 nitrogen and oxygen atoms in total. The Morgan fingerprint density at radius 3 is 2.71 bits per heavy atom. The number of nitrogens with zero attached hydrogens (tertiary/aromatic N) is 2. The zero-order valence-corrected chi connectivity index (χ0v) is 15.7. The fourth-order valence-electron chi connectivity index (χ4n) is 3.12. The van der Waals surface area contributed by atoms with E-state index in [4.69, 9.17) is 9.73 Å². The van der Waals surface area contributed by atoms with Gasteiger partial charge in [-0.1, -0.05) is 32.0 Å². The van der Waals surface area contributed by atoms with E-state index in [1.807, 2.05) is 12.1 Å². The Hall–Kier alpha value is -1.75. The minimum absolute atomic E-state index is 0.145. The monoisotopic (exact) mass is 332 g/mol. The highest BCUT2D eigenvalue weighted by Gasteiger charge is 2.23. The van der Waals surface area contributed by atoms with Gasteiger partial charge < -0.3 is 20.3 Å². The minimum atomic E-state index is 0.145. The van der Waals surface area contributed by atoms with Crippen LogP contribution >= 0.6 is 0 Å². The van der Waals surface area contributed by atoms with Crippen LogP contribution in [0.25, 0.3) is 0 Å². The molecule has 2 N–H and O–H groups in total. The lowest BCUT2D eigenvalue weighted by Gasteiger charge is -2.27. The van der Waals surface area contributed by atoms with Crippen LogP contribution in [0.2, 0.25) is 0 Å². The second kappa shape index (κ2) is 8.38. The Kier molecular flexibility index (Phi) is 6.49. The van der Waals surface area contributed by atoms with E-state index in [1.165, 1.54) is 5.56 Å². The first-order valence-corrected chi connectivity index (χ1v) is 8.81. The summed E-state index contributed by atoms with van der Waals surface area (Å²) >= 11 is 0. The molecule has 0 bridgehead atoms. The average molecular weight is 332 g/mol. The van der Waals surface area contributed by atoms with Gasteiger partial charge in [0.15, 0.2) is 5.96 Å². The zero-order chi connectivity index (χ0) is 17.6. The lowest BCUT2D eigenvalue weighted by atomic mass is 9.93. The number of benzene rings is 1. The average Bonchev–Trinajstić information content (AvgIpc) is 2.91. The van der Waals surface area contributed by atoms with Crippen molar-refractivity contribution in [3.05, 3.63) is 29.8 Å². The van der Waals surface area contributed by atoms with Crippen molar-refractivity contribution in [2.45, 2.75) is 33.3 Å². The molecule has 134 valence electrons. The molecule has 1 heterocycles. The maximum Gasteiger partial charge on any atom is 0.191 e. The van der Waals surface area contributed by atoms with E-state index in [-0.39, 0.29) is 11.5 Å². The van der Waals surface area contributed by atoms with Crippen molar-refractivity contribution < 1.29 is 4.74 Å². The van der Waals surface area contributed by atoms with Crippen molar-refractivity contribution in [3.8, 4) is 5.75 Å². The van der Waals surface area contributed by atoms with E-state index in [9.17, 15) is 0 Å². The summed E-state index contributed by atoms with van der Waals surface area (Å²) in [4.78, 5) is 6.97. The standard InChI is InChI=1S/C19H32N4O/c1-6-20-18(22-13-19(2,3)14-23(4)5)21-12-16-11-15-9-7-8-10-17(15)24-16/h7-10,16H,6,11-14H2,1-5H3,(H2,20,21,22). The van der Waals surface area contributed by atoms with Crippen LogP contribution in [-0.2, 0) is 6.42 Å². The van der Waals surface area contributed by atoms with Crippen molar-refractivity contribution in [3.63, 3.8) is 0 Å². The largest absolute Gasteiger partial charge is 0.488 e. The van der Waals surface area contributed by atoms with Crippen LogP contribution in [0.4, 0.5) is 0 Å². The molecule has 1 aliphatic heterocycles. The summed E-state index contributed by atoms with van der Waals surface area (Å²) in [5.74, 6) is 1.88. The molecule has 1 aliphatic rings. The summed E-state index contributed by atoms with van der Waals surface area (Å²) < 4.78 is 5.98. The summed E-state index contributed by atoms with van der Waals surface area (Å²) in [5.41, 5.74) is 1.43. The number of guanidine groups is 1. The van der Waals surface area contributed by atoms with E-state index >= 15 is 0 Å². The molecular weight excluding hydrogens is 300 g/mol. The zero-order valence-electron chi connectivity index (χ0n) is 15.7. The van der Waals surface area contributed by atoms with Crippen molar-refractivity contribution in [1.82, 2.24) is 15.5 Å². The third-order valence-corrected chi connectivity index (χ3v) is 3.96. The summed E-state index contributed by atoms with van der Waals surface area (Å²) in [7, 11) is 4.20. The second-order valence-corrected chi connectivity index (χ2v) is 7.53. The van der Waals surface area contributed by atoms with Gasteiger partial charge in [0.2, 0.25) is 0 Å². The molecule has 24 heavy (non-hydrogen) atoms. The van der Waals surface area contributed by atoms with Gasteiger partial charge in [0.05, 0.1) is 6.54 Å². The van der Waals surface area contributed by atoms with E-state index in [0.717, 1.165) is 44.3 Å². The summed E-state index contributed by atoms with van der Waals surface area (Å²) in [6, 6.07) is 8.26. The molecule has 0 spiro atoms. The summed E-state index contributed by atoms with van der Waals surface area (Å²) in [5, 5.41) is 6.75. The number of aliphatic imine (C=N–C) groups is 1. The number of hydrogen-bond donors (Lipinski definition) is 2. The predicted molar refractivity (Wildman–Crippen MR) is 101 cm³/mol. The van der Waals surface area contributed by atoms with Gasteiger partial charge in [-0.3, -0.25) is 4.99 Å². The van der Waals surface area contributed by atoms with Gasteiger partial charge >= 0.3 is 0 Å². The second-order valence-electron chi connectivity index (χ2n) is 7.53. The van der Waals surface area contributed by atoms with E-state index in [1.54, 1.807) is 0 Å². The topological polar surface area (TPSA) is 48.9 Å².